The van der Waals surface area contributed by atoms with Gasteiger partial charge in [-0.1, -0.05) is 15.9 Å². The van der Waals surface area contributed by atoms with Crippen LogP contribution in [0.3, 0.4) is 0 Å². The van der Waals surface area contributed by atoms with Crippen molar-refractivity contribution in [2.75, 3.05) is 32.6 Å². The van der Waals surface area contributed by atoms with Gasteiger partial charge in [0.05, 0.1) is 19.8 Å². The summed E-state index contributed by atoms with van der Waals surface area (Å²) in [6.07, 6.45) is -4.47. The summed E-state index contributed by atoms with van der Waals surface area (Å²) in [5, 5.41) is 0.237. The minimum absolute atomic E-state index is 0.0297. The number of hydrogen-bond donors (Lipinski definition) is 0. The SMILES string of the molecule is COc1ccc(OC)c(C(=O)N(CCBr)CC(F)(F)F)c1. The molecule has 0 aliphatic rings. The third-order valence-corrected chi connectivity index (χ3v) is 3.00. The van der Waals surface area contributed by atoms with Gasteiger partial charge in [0.25, 0.3) is 5.91 Å². The lowest BCUT2D eigenvalue weighted by Crippen LogP contribution is -2.40. The number of hydrogen-bond acceptors (Lipinski definition) is 3. The Morgan fingerprint density at radius 3 is 2.43 bits per heavy atom. The first-order valence-electron chi connectivity index (χ1n) is 5.96. The predicted octanol–water partition coefficient (Wildman–Crippen LogP) is 3.10. The fraction of sp³-hybridized carbons (Fsp3) is 0.462. The average Bonchev–Trinajstić information content (AvgIpc) is 2.44. The lowest BCUT2D eigenvalue weighted by molar-refractivity contribution is -0.140. The number of alkyl halides is 4. The molecule has 0 saturated heterocycles. The highest BCUT2D eigenvalue weighted by molar-refractivity contribution is 9.09. The van der Waals surface area contributed by atoms with Gasteiger partial charge in [0.15, 0.2) is 0 Å². The number of methoxy groups -OCH3 is 2. The smallest absolute Gasteiger partial charge is 0.406 e. The number of nitrogens with zero attached hydrogens (tertiary/aromatic N) is 1. The summed E-state index contributed by atoms with van der Waals surface area (Å²) < 4.78 is 47.7. The molecule has 1 rings (SSSR count). The van der Waals surface area contributed by atoms with E-state index in [9.17, 15) is 18.0 Å². The van der Waals surface area contributed by atoms with Gasteiger partial charge < -0.3 is 14.4 Å². The predicted molar refractivity (Wildman–Crippen MR) is 75.3 cm³/mol. The Morgan fingerprint density at radius 1 is 1.29 bits per heavy atom. The minimum Gasteiger partial charge on any atom is -0.497 e. The monoisotopic (exact) mass is 369 g/mol. The van der Waals surface area contributed by atoms with Crippen LogP contribution in [0.5, 0.6) is 11.5 Å². The maximum atomic E-state index is 12.6. The number of halogens is 4. The maximum Gasteiger partial charge on any atom is 0.406 e. The Kier molecular flexibility index (Phi) is 6.32. The standard InChI is InChI=1S/C13H15BrF3NO3/c1-20-9-3-4-11(21-2)10(7-9)12(19)18(6-5-14)8-13(15,16)17/h3-4,7H,5-6,8H2,1-2H3. The van der Waals surface area contributed by atoms with Crippen LogP contribution >= 0.6 is 15.9 Å². The molecule has 0 atom stereocenters. The van der Waals surface area contributed by atoms with E-state index < -0.39 is 18.6 Å². The zero-order valence-electron chi connectivity index (χ0n) is 11.5. The highest BCUT2D eigenvalue weighted by atomic mass is 79.9. The van der Waals surface area contributed by atoms with Crippen LogP contribution in [0.1, 0.15) is 10.4 Å². The van der Waals surface area contributed by atoms with Crippen LogP contribution in [0.25, 0.3) is 0 Å². The van der Waals surface area contributed by atoms with Gasteiger partial charge in [-0.15, -0.1) is 0 Å². The first-order valence-corrected chi connectivity index (χ1v) is 7.08. The van der Waals surface area contributed by atoms with E-state index in [-0.39, 0.29) is 23.2 Å². The van der Waals surface area contributed by atoms with Gasteiger partial charge in [-0.2, -0.15) is 13.2 Å². The van der Waals surface area contributed by atoms with Crippen molar-refractivity contribution in [2.24, 2.45) is 0 Å². The second kappa shape index (κ2) is 7.53. The highest BCUT2D eigenvalue weighted by Crippen LogP contribution is 2.26. The van der Waals surface area contributed by atoms with Crippen molar-refractivity contribution < 1.29 is 27.4 Å². The number of benzene rings is 1. The molecule has 0 aliphatic carbocycles. The molecule has 0 N–H and O–H groups in total. The summed E-state index contributed by atoms with van der Waals surface area (Å²) in [6.45, 7) is -1.39. The average molecular weight is 370 g/mol. The molecule has 1 aromatic rings. The van der Waals surface area contributed by atoms with Crippen LogP contribution in [-0.2, 0) is 0 Å². The quantitative estimate of drug-likeness (QED) is 0.723. The summed E-state index contributed by atoms with van der Waals surface area (Å²) in [4.78, 5) is 13.0. The van der Waals surface area contributed by atoms with Crippen molar-refractivity contribution >= 4 is 21.8 Å². The van der Waals surface area contributed by atoms with E-state index >= 15 is 0 Å². The van der Waals surface area contributed by atoms with Gasteiger partial charge in [0, 0.05) is 11.9 Å². The molecule has 0 spiro atoms. The number of rotatable bonds is 6. The van der Waals surface area contributed by atoms with Crippen molar-refractivity contribution in [3.05, 3.63) is 23.8 Å². The lowest BCUT2D eigenvalue weighted by Gasteiger charge is -2.24. The third-order valence-electron chi connectivity index (χ3n) is 2.65. The van der Waals surface area contributed by atoms with Crippen molar-refractivity contribution in [1.29, 1.82) is 0 Å². The van der Waals surface area contributed by atoms with E-state index in [2.05, 4.69) is 15.9 Å². The van der Waals surface area contributed by atoms with Crippen LogP contribution < -0.4 is 9.47 Å². The van der Waals surface area contributed by atoms with Crippen LogP contribution in [0.15, 0.2) is 18.2 Å². The molecule has 0 fully saturated rings. The van der Waals surface area contributed by atoms with Crippen LogP contribution in [-0.4, -0.2) is 49.6 Å². The van der Waals surface area contributed by atoms with E-state index in [1.807, 2.05) is 0 Å². The summed E-state index contributed by atoms with van der Waals surface area (Å²) in [5.74, 6) is -0.199. The summed E-state index contributed by atoms with van der Waals surface area (Å²) in [7, 11) is 2.75. The highest BCUT2D eigenvalue weighted by Gasteiger charge is 2.33. The van der Waals surface area contributed by atoms with E-state index in [1.165, 1.54) is 26.4 Å². The van der Waals surface area contributed by atoms with Gasteiger partial charge in [-0.25, -0.2) is 0 Å². The lowest BCUT2D eigenvalue weighted by atomic mass is 10.1. The Morgan fingerprint density at radius 2 is 1.95 bits per heavy atom. The largest absolute Gasteiger partial charge is 0.497 e. The fourth-order valence-electron chi connectivity index (χ4n) is 1.72. The van der Waals surface area contributed by atoms with Gasteiger partial charge in [-0.3, -0.25) is 4.79 Å². The fourth-order valence-corrected chi connectivity index (χ4v) is 2.15. The van der Waals surface area contributed by atoms with Crippen molar-refractivity contribution in [3.8, 4) is 11.5 Å². The van der Waals surface area contributed by atoms with E-state index in [0.717, 1.165) is 0 Å². The second-order valence-electron chi connectivity index (χ2n) is 4.10. The molecule has 0 saturated carbocycles. The molecule has 0 heterocycles. The zero-order valence-corrected chi connectivity index (χ0v) is 13.1. The van der Waals surface area contributed by atoms with Crippen LogP contribution in [0.4, 0.5) is 13.2 Å². The second-order valence-corrected chi connectivity index (χ2v) is 4.89. The molecular weight excluding hydrogens is 355 g/mol. The first kappa shape index (κ1) is 17.6. The molecule has 1 amide bonds. The molecule has 0 aliphatic heterocycles. The van der Waals surface area contributed by atoms with Gasteiger partial charge in [0.1, 0.15) is 18.0 Å². The Bertz CT molecular complexity index is 494. The normalized spacial score (nSPS) is 11.1. The first-order chi connectivity index (χ1) is 9.82. The van der Waals surface area contributed by atoms with Crippen LogP contribution in [0.2, 0.25) is 0 Å². The summed E-state index contributed by atoms with van der Waals surface area (Å²) in [6, 6.07) is 4.40. The molecule has 118 valence electrons. The Labute approximate surface area is 128 Å². The zero-order chi connectivity index (χ0) is 16.0. The molecule has 0 bridgehead atoms. The third kappa shape index (κ3) is 5.11. The topological polar surface area (TPSA) is 38.8 Å². The van der Waals surface area contributed by atoms with Gasteiger partial charge >= 0.3 is 6.18 Å². The van der Waals surface area contributed by atoms with E-state index in [1.54, 1.807) is 6.07 Å². The molecule has 0 aromatic heterocycles. The molecule has 0 unspecified atom stereocenters. The Balaban J connectivity index is 3.12. The molecular formula is C13H15BrF3NO3. The maximum absolute atomic E-state index is 12.6. The van der Waals surface area contributed by atoms with Gasteiger partial charge in [0.2, 0.25) is 0 Å². The molecule has 4 nitrogen and oxygen atoms in total. The van der Waals surface area contributed by atoms with Crippen LogP contribution in [0, 0.1) is 0 Å². The number of carbonyl (C=O) groups is 1. The molecule has 21 heavy (non-hydrogen) atoms. The summed E-state index contributed by atoms with van der Waals surface area (Å²) >= 11 is 3.04. The summed E-state index contributed by atoms with van der Waals surface area (Å²) in [5.41, 5.74) is 0.0297. The van der Waals surface area contributed by atoms with E-state index in [0.29, 0.717) is 10.6 Å². The molecule has 8 heteroatoms. The van der Waals surface area contributed by atoms with Crippen molar-refractivity contribution in [1.82, 2.24) is 4.90 Å². The van der Waals surface area contributed by atoms with Gasteiger partial charge in [-0.05, 0) is 18.2 Å². The van der Waals surface area contributed by atoms with Crippen molar-refractivity contribution in [2.45, 2.75) is 6.18 Å². The van der Waals surface area contributed by atoms with Crippen molar-refractivity contribution in [3.63, 3.8) is 0 Å². The van der Waals surface area contributed by atoms with E-state index in [4.69, 9.17) is 9.47 Å². The minimum atomic E-state index is -4.47. The molecule has 0 radical (unpaired) electrons. The Hall–Kier alpha value is -1.44. The number of ether oxygens (including phenoxy) is 2. The number of amides is 1. The molecule has 1 aromatic carbocycles. The number of carbonyl (C=O) groups excluding carboxylic acids is 1.